The lowest BCUT2D eigenvalue weighted by Gasteiger charge is -2.20. The molecule has 0 spiro atoms. The number of benzene rings is 2. The van der Waals surface area contributed by atoms with Crippen LogP contribution in [0.4, 0.5) is 11.4 Å². The van der Waals surface area contributed by atoms with E-state index in [0.717, 1.165) is 18.4 Å². The molecule has 0 fully saturated rings. The number of nitrogens with one attached hydrogen (secondary N) is 2. The minimum Gasteiger partial charge on any atom is -0.486 e. The van der Waals surface area contributed by atoms with Gasteiger partial charge in [-0.15, -0.1) is 0 Å². The number of allylic oxidation sites excluding steroid dienone is 2. The van der Waals surface area contributed by atoms with Gasteiger partial charge in [-0.25, -0.2) is 0 Å². The van der Waals surface area contributed by atoms with Crippen molar-refractivity contribution in [1.82, 2.24) is 0 Å². The monoisotopic (exact) mass is 426 g/mol. The van der Waals surface area contributed by atoms with Crippen molar-refractivity contribution in [2.75, 3.05) is 23.8 Å². The van der Waals surface area contributed by atoms with E-state index < -0.39 is 0 Å². The van der Waals surface area contributed by atoms with Crippen LogP contribution in [0.3, 0.4) is 0 Å². The number of carbonyl (C=O) groups is 2. The van der Waals surface area contributed by atoms with Crippen LogP contribution in [0, 0.1) is 5.92 Å². The molecule has 6 nitrogen and oxygen atoms in total. The van der Waals surface area contributed by atoms with E-state index in [-0.39, 0.29) is 24.2 Å². The van der Waals surface area contributed by atoms with Crippen LogP contribution in [0.15, 0.2) is 48.6 Å². The Labute approximate surface area is 180 Å². The maximum Gasteiger partial charge on any atom is 0.228 e. The number of ether oxygens (including phenoxy) is 2. The summed E-state index contributed by atoms with van der Waals surface area (Å²) in [6, 6.07) is 10.6. The van der Waals surface area contributed by atoms with E-state index in [4.69, 9.17) is 21.1 Å². The quantitative estimate of drug-likeness (QED) is 0.662. The second kappa shape index (κ2) is 9.22. The number of hydrogen-bond donors (Lipinski definition) is 2. The molecule has 1 unspecified atom stereocenters. The zero-order valence-electron chi connectivity index (χ0n) is 16.4. The number of fused-ring (bicyclic) bond motifs is 1. The molecule has 0 radical (unpaired) electrons. The standard InChI is InChI=1S/C23H23ClN2O4/c24-17-11-16(12-20-23(17)30-10-9-29-20)14-22(28)26-19-8-4-3-7-18(19)25-21(27)13-15-5-1-2-6-15/h1,3-5,7-8,11-12,15H,2,6,9-10,13-14H2,(H,25,27)(H,26,28). The molecule has 1 aliphatic heterocycles. The maximum atomic E-state index is 12.6. The molecule has 0 saturated heterocycles. The summed E-state index contributed by atoms with van der Waals surface area (Å²) in [5.74, 6) is 1.06. The highest BCUT2D eigenvalue weighted by Gasteiger charge is 2.19. The Balaban J connectivity index is 1.40. The number of carbonyl (C=O) groups excluding carboxylic acids is 2. The van der Waals surface area contributed by atoms with Gasteiger partial charge in [0.05, 0.1) is 22.8 Å². The summed E-state index contributed by atoms with van der Waals surface area (Å²) >= 11 is 6.25. The van der Waals surface area contributed by atoms with Crippen molar-refractivity contribution in [3.63, 3.8) is 0 Å². The second-order valence-electron chi connectivity index (χ2n) is 7.39. The fourth-order valence-electron chi connectivity index (χ4n) is 3.65. The first-order valence-electron chi connectivity index (χ1n) is 10.0. The Morgan fingerprint density at radius 1 is 1.03 bits per heavy atom. The van der Waals surface area contributed by atoms with Crippen molar-refractivity contribution in [3.8, 4) is 11.5 Å². The summed E-state index contributed by atoms with van der Waals surface area (Å²) in [6.07, 6.45) is 6.78. The molecule has 2 aromatic rings. The molecular weight excluding hydrogens is 404 g/mol. The molecule has 7 heteroatoms. The van der Waals surface area contributed by atoms with E-state index >= 15 is 0 Å². The predicted molar refractivity (Wildman–Crippen MR) is 116 cm³/mol. The Kier molecular flexibility index (Phi) is 6.23. The van der Waals surface area contributed by atoms with Crippen LogP contribution < -0.4 is 20.1 Å². The molecule has 2 aliphatic rings. The molecule has 0 saturated carbocycles. The van der Waals surface area contributed by atoms with Crippen molar-refractivity contribution < 1.29 is 19.1 Å². The van der Waals surface area contributed by atoms with Gasteiger partial charge in [0.2, 0.25) is 11.8 Å². The molecule has 4 rings (SSSR count). The fourth-order valence-corrected chi connectivity index (χ4v) is 3.94. The first kappa shape index (κ1) is 20.3. The van der Waals surface area contributed by atoms with Crippen molar-refractivity contribution in [2.24, 2.45) is 5.92 Å². The van der Waals surface area contributed by atoms with Crippen LogP contribution >= 0.6 is 11.6 Å². The minimum absolute atomic E-state index is 0.0631. The highest BCUT2D eigenvalue weighted by atomic mass is 35.5. The largest absolute Gasteiger partial charge is 0.486 e. The lowest BCUT2D eigenvalue weighted by Crippen LogP contribution is -2.19. The average molecular weight is 427 g/mol. The molecule has 2 aromatic carbocycles. The average Bonchev–Trinajstić information content (AvgIpc) is 3.22. The van der Waals surface area contributed by atoms with Crippen molar-refractivity contribution in [3.05, 3.63) is 59.1 Å². The molecular formula is C23H23ClN2O4. The van der Waals surface area contributed by atoms with E-state index in [1.54, 1.807) is 24.3 Å². The highest BCUT2D eigenvalue weighted by Crippen LogP contribution is 2.38. The number of para-hydroxylation sites is 2. The summed E-state index contributed by atoms with van der Waals surface area (Å²) in [7, 11) is 0. The summed E-state index contributed by atoms with van der Waals surface area (Å²) in [5.41, 5.74) is 1.86. The third kappa shape index (κ3) is 4.94. The van der Waals surface area contributed by atoms with Crippen LogP contribution in [-0.2, 0) is 16.0 Å². The summed E-state index contributed by atoms with van der Waals surface area (Å²) in [4.78, 5) is 25.0. The van der Waals surface area contributed by atoms with Gasteiger partial charge in [0.1, 0.15) is 13.2 Å². The summed E-state index contributed by atoms with van der Waals surface area (Å²) in [5, 5.41) is 6.21. The topological polar surface area (TPSA) is 76.7 Å². The molecule has 1 atom stereocenters. The molecule has 2 N–H and O–H groups in total. The van der Waals surface area contributed by atoms with Crippen LogP contribution in [0.5, 0.6) is 11.5 Å². The second-order valence-corrected chi connectivity index (χ2v) is 7.80. The molecule has 0 aromatic heterocycles. The normalized spacial score (nSPS) is 16.9. The maximum absolute atomic E-state index is 12.6. The minimum atomic E-state index is -0.219. The molecule has 1 heterocycles. The number of anilines is 2. The van der Waals surface area contributed by atoms with Gasteiger partial charge in [-0.2, -0.15) is 0 Å². The van der Waals surface area contributed by atoms with Gasteiger partial charge >= 0.3 is 0 Å². The van der Waals surface area contributed by atoms with Gasteiger partial charge in [0.25, 0.3) is 0 Å². The first-order valence-corrected chi connectivity index (χ1v) is 10.4. The van der Waals surface area contributed by atoms with E-state index in [9.17, 15) is 9.59 Å². The van der Waals surface area contributed by atoms with E-state index in [2.05, 4.69) is 22.8 Å². The zero-order valence-corrected chi connectivity index (χ0v) is 17.2. The summed E-state index contributed by atoms with van der Waals surface area (Å²) in [6.45, 7) is 0.898. The van der Waals surface area contributed by atoms with Gasteiger partial charge in [-0.1, -0.05) is 35.9 Å². The van der Waals surface area contributed by atoms with Crippen molar-refractivity contribution in [2.45, 2.75) is 25.7 Å². The smallest absolute Gasteiger partial charge is 0.228 e. The highest BCUT2D eigenvalue weighted by molar-refractivity contribution is 6.32. The molecule has 156 valence electrons. The van der Waals surface area contributed by atoms with E-state index in [1.807, 2.05) is 12.1 Å². The third-order valence-electron chi connectivity index (χ3n) is 5.06. The van der Waals surface area contributed by atoms with Gasteiger partial charge in [-0.05, 0) is 48.6 Å². The summed E-state index contributed by atoms with van der Waals surface area (Å²) < 4.78 is 11.1. The number of rotatable bonds is 6. The number of hydrogen-bond acceptors (Lipinski definition) is 4. The van der Waals surface area contributed by atoms with Gasteiger partial charge in [-0.3, -0.25) is 9.59 Å². The van der Waals surface area contributed by atoms with Gasteiger partial charge < -0.3 is 20.1 Å². The Morgan fingerprint density at radius 3 is 2.50 bits per heavy atom. The molecule has 0 bridgehead atoms. The lowest BCUT2D eigenvalue weighted by atomic mass is 10.0. The van der Waals surface area contributed by atoms with Crippen LogP contribution in [0.2, 0.25) is 5.02 Å². The van der Waals surface area contributed by atoms with Crippen molar-refractivity contribution in [1.29, 1.82) is 0 Å². The number of halogens is 1. The van der Waals surface area contributed by atoms with Gasteiger partial charge in [0.15, 0.2) is 11.5 Å². The Bertz CT molecular complexity index is 989. The van der Waals surface area contributed by atoms with Crippen LogP contribution in [0.25, 0.3) is 0 Å². The molecule has 2 amide bonds. The SMILES string of the molecule is O=C(Cc1cc(Cl)c2c(c1)OCCO2)Nc1ccccc1NC(=O)CC1C=CCC1. The first-order chi connectivity index (χ1) is 14.6. The fraction of sp³-hybridized carbons (Fsp3) is 0.304. The van der Waals surface area contributed by atoms with Gasteiger partial charge in [0, 0.05) is 6.42 Å². The number of amides is 2. The lowest BCUT2D eigenvalue weighted by molar-refractivity contribution is -0.117. The van der Waals surface area contributed by atoms with Crippen LogP contribution in [-0.4, -0.2) is 25.0 Å². The third-order valence-corrected chi connectivity index (χ3v) is 5.34. The predicted octanol–water partition coefficient (Wildman–Crippen LogP) is 4.59. The molecule has 30 heavy (non-hydrogen) atoms. The molecule has 1 aliphatic carbocycles. The van der Waals surface area contributed by atoms with Crippen LogP contribution in [0.1, 0.15) is 24.8 Å². The zero-order chi connectivity index (χ0) is 20.9. The van der Waals surface area contributed by atoms with E-state index in [1.165, 1.54) is 0 Å². The Morgan fingerprint density at radius 2 is 1.77 bits per heavy atom. The van der Waals surface area contributed by atoms with E-state index in [0.29, 0.717) is 47.5 Å². The van der Waals surface area contributed by atoms with Crippen molar-refractivity contribution >= 4 is 34.8 Å². The Hall–Kier alpha value is -2.99.